The van der Waals surface area contributed by atoms with Crippen molar-refractivity contribution < 1.29 is 9.53 Å². The van der Waals surface area contributed by atoms with E-state index >= 15 is 0 Å². The van der Waals surface area contributed by atoms with Crippen LogP contribution in [0.15, 0.2) is 45.3 Å². The number of para-hydroxylation sites is 1. The van der Waals surface area contributed by atoms with E-state index in [4.69, 9.17) is 4.74 Å². The van der Waals surface area contributed by atoms with Crippen LogP contribution < -0.4 is 4.74 Å². The number of ether oxygens (including phenoxy) is 1. The van der Waals surface area contributed by atoms with E-state index in [1.165, 1.54) is 0 Å². The summed E-state index contributed by atoms with van der Waals surface area (Å²) >= 11 is 6.85. The van der Waals surface area contributed by atoms with Crippen LogP contribution in [0.4, 0.5) is 0 Å². The number of carbonyl (C=O) groups is 1. The standard InChI is InChI=1S/C16H12Br2O2/c17-11-6-7-14(18)13(9-11)15(19)12-5-1-3-10-4-2-8-20-16(10)12/h1,3,5-7,9H,2,4,8H2. The molecule has 0 aliphatic carbocycles. The first-order valence-corrected chi connectivity index (χ1v) is 8.00. The molecule has 2 aromatic rings. The molecule has 4 heteroatoms. The van der Waals surface area contributed by atoms with Crippen molar-refractivity contribution in [3.8, 4) is 5.75 Å². The van der Waals surface area contributed by atoms with Gasteiger partial charge in [0.25, 0.3) is 0 Å². The summed E-state index contributed by atoms with van der Waals surface area (Å²) in [6.07, 6.45) is 1.97. The zero-order valence-corrected chi connectivity index (χ0v) is 13.8. The first kappa shape index (κ1) is 13.8. The predicted molar refractivity (Wildman–Crippen MR) is 85.5 cm³/mol. The summed E-state index contributed by atoms with van der Waals surface area (Å²) in [6, 6.07) is 11.4. The highest BCUT2D eigenvalue weighted by Gasteiger charge is 2.21. The summed E-state index contributed by atoms with van der Waals surface area (Å²) in [4.78, 5) is 12.8. The molecule has 0 fully saturated rings. The molecule has 0 aromatic heterocycles. The average molecular weight is 396 g/mol. The van der Waals surface area contributed by atoms with Gasteiger partial charge in [-0.25, -0.2) is 0 Å². The number of rotatable bonds is 2. The molecular formula is C16H12Br2O2. The molecule has 1 aliphatic rings. The number of aryl methyl sites for hydroxylation is 1. The molecular weight excluding hydrogens is 384 g/mol. The Labute approximate surface area is 134 Å². The van der Waals surface area contributed by atoms with E-state index in [1.807, 2.05) is 36.4 Å². The largest absolute Gasteiger partial charge is 0.493 e. The summed E-state index contributed by atoms with van der Waals surface area (Å²) in [5.74, 6) is 0.729. The fourth-order valence-corrected chi connectivity index (χ4v) is 3.17. The number of hydrogen-bond acceptors (Lipinski definition) is 2. The fraction of sp³-hybridized carbons (Fsp3) is 0.188. The number of fused-ring (bicyclic) bond motifs is 1. The molecule has 0 spiro atoms. The SMILES string of the molecule is O=C(c1cc(Br)ccc1Br)c1cccc2c1OCCC2. The van der Waals surface area contributed by atoms with Gasteiger partial charge in [-0.3, -0.25) is 4.79 Å². The van der Waals surface area contributed by atoms with Crippen LogP contribution in [0.2, 0.25) is 0 Å². The van der Waals surface area contributed by atoms with Gasteiger partial charge in [0.1, 0.15) is 5.75 Å². The van der Waals surface area contributed by atoms with Crippen molar-refractivity contribution >= 4 is 37.6 Å². The Morgan fingerprint density at radius 2 is 1.95 bits per heavy atom. The number of ketones is 1. The van der Waals surface area contributed by atoms with E-state index in [9.17, 15) is 4.79 Å². The number of benzene rings is 2. The van der Waals surface area contributed by atoms with Crippen LogP contribution in [0.3, 0.4) is 0 Å². The minimum atomic E-state index is -0.0167. The zero-order valence-electron chi connectivity index (χ0n) is 10.7. The van der Waals surface area contributed by atoms with E-state index in [1.54, 1.807) is 0 Å². The Hall–Kier alpha value is -1.13. The molecule has 0 atom stereocenters. The van der Waals surface area contributed by atoms with Crippen LogP contribution in [0.5, 0.6) is 5.75 Å². The van der Waals surface area contributed by atoms with Crippen molar-refractivity contribution in [3.63, 3.8) is 0 Å². The topological polar surface area (TPSA) is 26.3 Å². The third-order valence-electron chi connectivity index (χ3n) is 3.35. The maximum atomic E-state index is 12.8. The Kier molecular flexibility index (Phi) is 3.94. The second-order valence-electron chi connectivity index (χ2n) is 4.70. The lowest BCUT2D eigenvalue weighted by atomic mass is 9.97. The molecule has 3 rings (SSSR count). The molecule has 1 heterocycles. The normalized spacial score (nSPS) is 13.5. The molecule has 102 valence electrons. The van der Waals surface area contributed by atoms with Gasteiger partial charge >= 0.3 is 0 Å². The van der Waals surface area contributed by atoms with Crippen molar-refractivity contribution in [2.45, 2.75) is 12.8 Å². The van der Waals surface area contributed by atoms with Crippen LogP contribution in [-0.2, 0) is 6.42 Å². The van der Waals surface area contributed by atoms with Crippen molar-refractivity contribution in [2.75, 3.05) is 6.61 Å². The van der Waals surface area contributed by atoms with Crippen LogP contribution in [-0.4, -0.2) is 12.4 Å². The van der Waals surface area contributed by atoms with Gasteiger partial charge in [0.15, 0.2) is 5.78 Å². The molecule has 0 bridgehead atoms. The second-order valence-corrected chi connectivity index (χ2v) is 6.47. The van der Waals surface area contributed by atoms with Crippen LogP contribution >= 0.6 is 31.9 Å². The highest BCUT2D eigenvalue weighted by molar-refractivity contribution is 9.11. The lowest BCUT2D eigenvalue weighted by Crippen LogP contribution is -2.13. The monoisotopic (exact) mass is 394 g/mol. The lowest BCUT2D eigenvalue weighted by molar-refractivity contribution is 0.103. The van der Waals surface area contributed by atoms with Gasteiger partial charge in [-0.2, -0.15) is 0 Å². The molecule has 1 aliphatic heterocycles. The molecule has 0 saturated heterocycles. The van der Waals surface area contributed by atoms with Crippen LogP contribution in [0.25, 0.3) is 0 Å². The van der Waals surface area contributed by atoms with Gasteiger partial charge in [-0.15, -0.1) is 0 Å². The fourth-order valence-electron chi connectivity index (χ4n) is 2.38. The van der Waals surface area contributed by atoms with E-state index in [0.29, 0.717) is 17.7 Å². The molecule has 0 radical (unpaired) electrons. The minimum absolute atomic E-state index is 0.0167. The number of halogens is 2. The van der Waals surface area contributed by atoms with Gasteiger partial charge < -0.3 is 4.74 Å². The summed E-state index contributed by atoms with van der Waals surface area (Å²) in [5.41, 5.74) is 2.40. The first-order chi connectivity index (χ1) is 9.66. The molecule has 20 heavy (non-hydrogen) atoms. The van der Waals surface area contributed by atoms with Gasteiger partial charge in [-0.05, 0) is 42.7 Å². The summed E-state index contributed by atoms with van der Waals surface area (Å²) in [5, 5.41) is 0. The molecule has 2 nitrogen and oxygen atoms in total. The number of hydrogen-bond donors (Lipinski definition) is 0. The van der Waals surface area contributed by atoms with Crippen molar-refractivity contribution in [2.24, 2.45) is 0 Å². The smallest absolute Gasteiger partial charge is 0.197 e. The highest BCUT2D eigenvalue weighted by atomic mass is 79.9. The van der Waals surface area contributed by atoms with Gasteiger partial charge in [0, 0.05) is 14.5 Å². The van der Waals surface area contributed by atoms with E-state index < -0.39 is 0 Å². The van der Waals surface area contributed by atoms with E-state index in [-0.39, 0.29) is 5.78 Å². The zero-order chi connectivity index (χ0) is 14.1. The highest BCUT2D eigenvalue weighted by Crippen LogP contribution is 2.32. The van der Waals surface area contributed by atoms with Crippen LogP contribution in [0.1, 0.15) is 27.9 Å². The minimum Gasteiger partial charge on any atom is -0.493 e. The molecule has 0 saturated carbocycles. The predicted octanol–water partition coefficient (Wildman–Crippen LogP) is 4.77. The molecule has 0 N–H and O–H groups in total. The molecule has 0 unspecified atom stereocenters. The van der Waals surface area contributed by atoms with Gasteiger partial charge in [-0.1, -0.05) is 44.0 Å². The van der Waals surface area contributed by atoms with Gasteiger partial charge in [0.05, 0.1) is 12.2 Å². The van der Waals surface area contributed by atoms with E-state index in [0.717, 1.165) is 33.1 Å². The quantitative estimate of drug-likeness (QED) is 0.684. The Bertz CT molecular complexity index is 680. The molecule has 2 aromatic carbocycles. The second kappa shape index (κ2) is 5.70. The van der Waals surface area contributed by atoms with Crippen molar-refractivity contribution in [1.29, 1.82) is 0 Å². The van der Waals surface area contributed by atoms with Crippen LogP contribution in [0, 0.1) is 0 Å². The summed E-state index contributed by atoms with van der Waals surface area (Å²) in [6.45, 7) is 0.678. The molecule has 0 amide bonds. The van der Waals surface area contributed by atoms with Crippen molar-refractivity contribution in [1.82, 2.24) is 0 Å². The maximum Gasteiger partial charge on any atom is 0.197 e. The lowest BCUT2D eigenvalue weighted by Gasteiger charge is -2.20. The summed E-state index contributed by atoms with van der Waals surface area (Å²) in [7, 11) is 0. The Morgan fingerprint density at radius 1 is 1.10 bits per heavy atom. The van der Waals surface area contributed by atoms with Crippen molar-refractivity contribution in [3.05, 3.63) is 62.0 Å². The average Bonchev–Trinajstić information content (AvgIpc) is 2.48. The van der Waals surface area contributed by atoms with Gasteiger partial charge in [0.2, 0.25) is 0 Å². The summed E-state index contributed by atoms with van der Waals surface area (Å²) < 4.78 is 7.39. The van der Waals surface area contributed by atoms with E-state index in [2.05, 4.69) is 31.9 Å². The third-order valence-corrected chi connectivity index (χ3v) is 4.54. The first-order valence-electron chi connectivity index (χ1n) is 6.41. The Balaban J connectivity index is 2.09. The number of carbonyl (C=O) groups excluding carboxylic acids is 1. The Morgan fingerprint density at radius 3 is 2.80 bits per heavy atom. The maximum absolute atomic E-state index is 12.8. The third kappa shape index (κ3) is 2.54.